The fraction of sp³-hybridized carbons (Fsp3) is 0.200. The molecule has 0 spiro atoms. The number of carbonyl (C=O) groups is 4. The summed E-state index contributed by atoms with van der Waals surface area (Å²) >= 11 is 1.47. The minimum atomic E-state index is -1.43. The second kappa shape index (κ2) is 8.26. The highest BCUT2D eigenvalue weighted by molar-refractivity contribution is 7.98. The third-order valence-electron chi connectivity index (χ3n) is 4.44. The van der Waals surface area contributed by atoms with Crippen LogP contribution in [-0.2, 0) is 4.79 Å². The van der Waals surface area contributed by atoms with Crippen molar-refractivity contribution < 1.29 is 24.3 Å². The molecule has 1 aliphatic rings. The van der Waals surface area contributed by atoms with Gasteiger partial charge in [-0.25, -0.2) is 0 Å². The van der Waals surface area contributed by atoms with Crippen LogP contribution in [0.4, 0.5) is 5.69 Å². The maximum atomic E-state index is 12.9. The third-order valence-corrected chi connectivity index (χ3v) is 5.08. The maximum Gasteiger partial charge on any atom is 0.262 e. The van der Waals surface area contributed by atoms with Crippen LogP contribution in [0.1, 0.15) is 37.5 Å². The van der Waals surface area contributed by atoms with E-state index in [4.69, 9.17) is 0 Å². The molecule has 2 aromatic rings. The molecule has 1 N–H and O–H groups in total. The van der Waals surface area contributed by atoms with Crippen molar-refractivity contribution in [1.29, 1.82) is 0 Å². The van der Waals surface area contributed by atoms with Crippen LogP contribution in [-0.4, -0.2) is 46.6 Å². The normalized spacial score (nSPS) is 14.0. The number of amides is 3. The first-order chi connectivity index (χ1) is 13.5. The Morgan fingerprint density at radius 2 is 1.61 bits per heavy atom. The summed E-state index contributed by atoms with van der Waals surface area (Å²) in [7, 11) is 0. The van der Waals surface area contributed by atoms with Crippen molar-refractivity contribution in [2.24, 2.45) is 0 Å². The van der Waals surface area contributed by atoms with Crippen LogP contribution in [0.3, 0.4) is 0 Å². The van der Waals surface area contributed by atoms with Gasteiger partial charge in [0.1, 0.15) is 6.04 Å². The second-order valence-corrected chi connectivity index (χ2v) is 7.13. The Hall–Kier alpha value is -3.13. The van der Waals surface area contributed by atoms with Crippen LogP contribution in [0, 0.1) is 0 Å². The largest absolute Gasteiger partial charge is 0.545 e. The lowest BCUT2D eigenvalue weighted by Crippen LogP contribution is -2.47. The van der Waals surface area contributed by atoms with Gasteiger partial charge in [-0.3, -0.25) is 19.3 Å². The van der Waals surface area contributed by atoms with Crippen molar-refractivity contribution in [1.82, 2.24) is 4.90 Å². The topological polar surface area (TPSA) is 107 Å². The van der Waals surface area contributed by atoms with Gasteiger partial charge in [0.05, 0.1) is 17.1 Å². The summed E-state index contributed by atoms with van der Waals surface area (Å²) in [6.07, 6.45) is 2.09. The number of carboxylic acid groups (broad SMARTS) is 1. The number of anilines is 1. The lowest BCUT2D eigenvalue weighted by Gasteiger charge is -2.25. The number of benzene rings is 2. The lowest BCUT2D eigenvalue weighted by molar-refractivity contribution is -0.254. The number of hydrogen-bond donors (Lipinski definition) is 1. The van der Waals surface area contributed by atoms with E-state index in [2.05, 4.69) is 5.32 Å². The smallest absolute Gasteiger partial charge is 0.262 e. The Balaban J connectivity index is 1.91. The number of nitrogens with one attached hydrogen (secondary N) is 1. The molecule has 0 radical (unpaired) electrons. The molecule has 0 saturated heterocycles. The van der Waals surface area contributed by atoms with Gasteiger partial charge >= 0.3 is 0 Å². The van der Waals surface area contributed by atoms with E-state index in [-0.39, 0.29) is 28.8 Å². The molecule has 1 heterocycles. The van der Waals surface area contributed by atoms with Crippen LogP contribution in [0.2, 0.25) is 0 Å². The first kappa shape index (κ1) is 19.6. The summed E-state index contributed by atoms with van der Waals surface area (Å²) in [5.74, 6) is -2.59. The summed E-state index contributed by atoms with van der Waals surface area (Å²) in [6.45, 7) is 0. The SMILES string of the molecule is CSCC[C@H](C(=O)Nc1ccccc1C(=O)[O-])N1C(=O)c2ccccc2C1=O. The van der Waals surface area contributed by atoms with Gasteiger partial charge in [0.25, 0.3) is 11.8 Å². The van der Waals surface area contributed by atoms with E-state index >= 15 is 0 Å². The molecule has 1 aliphatic heterocycles. The minimum absolute atomic E-state index is 0.0539. The second-order valence-electron chi connectivity index (χ2n) is 6.15. The van der Waals surface area contributed by atoms with Crippen molar-refractivity contribution in [2.45, 2.75) is 12.5 Å². The van der Waals surface area contributed by atoms with Crippen LogP contribution in [0.25, 0.3) is 0 Å². The van der Waals surface area contributed by atoms with Gasteiger partial charge in [-0.2, -0.15) is 11.8 Å². The van der Waals surface area contributed by atoms with Crippen molar-refractivity contribution in [3.05, 3.63) is 65.2 Å². The Labute approximate surface area is 165 Å². The van der Waals surface area contributed by atoms with E-state index in [9.17, 15) is 24.3 Å². The molecule has 7 nitrogen and oxygen atoms in total. The molecule has 0 bridgehead atoms. The molecule has 2 aromatic carbocycles. The summed E-state index contributed by atoms with van der Waals surface area (Å²) in [4.78, 5) is 50.7. The monoisotopic (exact) mass is 397 g/mol. The molecule has 0 aliphatic carbocycles. The minimum Gasteiger partial charge on any atom is -0.545 e. The lowest BCUT2D eigenvalue weighted by atomic mass is 10.1. The fourth-order valence-corrected chi connectivity index (χ4v) is 3.54. The predicted octanol–water partition coefficient (Wildman–Crippen LogP) is 1.41. The van der Waals surface area contributed by atoms with Crippen LogP contribution >= 0.6 is 11.8 Å². The van der Waals surface area contributed by atoms with Gasteiger partial charge in [0.15, 0.2) is 0 Å². The number of hydrogen-bond acceptors (Lipinski definition) is 6. The zero-order valence-electron chi connectivity index (χ0n) is 15.0. The maximum absolute atomic E-state index is 12.9. The molecule has 3 rings (SSSR count). The van der Waals surface area contributed by atoms with Crippen LogP contribution < -0.4 is 10.4 Å². The van der Waals surface area contributed by atoms with Gasteiger partial charge in [-0.15, -0.1) is 0 Å². The first-order valence-electron chi connectivity index (χ1n) is 8.52. The van der Waals surface area contributed by atoms with E-state index in [1.807, 2.05) is 6.26 Å². The van der Waals surface area contributed by atoms with Gasteiger partial charge in [-0.05, 0) is 36.6 Å². The molecule has 8 heteroatoms. The van der Waals surface area contributed by atoms with Crippen molar-refractivity contribution in [3.8, 4) is 0 Å². The number of imide groups is 1. The van der Waals surface area contributed by atoms with Crippen molar-refractivity contribution in [3.63, 3.8) is 0 Å². The number of rotatable bonds is 7. The Morgan fingerprint density at radius 3 is 2.18 bits per heavy atom. The molecule has 0 unspecified atom stereocenters. The molecule has 1 atom stereocenters. The molecule has 144 valence electrons. The fourth-order valence-electron chi connectivity index (χ4n) is 3.08. The number of carbonyl (C=O) groups excluding carboxylic acids is 4. The first-order valence-corrected chi connectivity index (χ1v) is 9.92. The molecule has 28 heavy (non-hydrogen) atoms. The molecule has 0 saturated carbocycles. The highest BCUT2D eigenvalue weighted by Gasteiger charge is 2.42. The van der Waals surface area contributed by atoms with Gasteiger partial charge in [0, 0.05) is 11.3 Å². The van der Waals surface area contributed by atoms with E-state index in [1.165, 1.54) is 30.0 Å². The number of fused-ring (bicyclic) bond motifs is 1. The Kier molecular flexibility index (Phi) is 5.79. The highest BCUT2D eigenvalue weighted by Crippen LogP contribution is 2.27. The third kappa shape index (κ3) is 3.63. The summed E-state index contributed by atoms with van der Waals surface area (Å²) < 4.78 is 0. The zero-order valence-corrected chi connectivity index (χ0v) is 15.8. The van der Waals surface area contributed by atoms with E-state index in [0.717, 1.165) is 4.90 Å². The van der Waals surface area contributed by atoms with E-state index in [1.54, 1.807) is 30.3 Å². The van der Waals surface area contributed by atoms with Gasteiger partial charge in [-0.1, -0.05) is 30.3 Å². The van der Waals surface area contributed by atoms with E-state index < -0.39 is 29.7 Å². The molecule has 0 aromatic heterocycles. The molecule has 3 amide bonds. The number of nitrogens with zero attached hydrogens (tertiary/aromatic N) is 1. The van der Waals surface area contributed by atoms with E-state index in [0.29, 0.717) is 5.75 Å². The Bertz CT molecular complexity index is 924. The number of carboxylic acids is 1. The highest BCUT2D eigenvalue weighted by atomic mass is 32.2. The van der Waals surface area contributed by atoms with Gasteiger partial charge in [0.2, 0.25) is 5.91 Å². The molecular weight excluding hydrogens is 380 g/mol. The average Bonchev–Trinajstić information content (AvgIpc) is 2.94. The number of aromatic carboxylic acids is 1. The van der Waals surface area contributed by atoms with Crippen LogP contribution in [0.5, 0.6) is 0 Å². The summed E-state index contributed by atoms with van der Waals surface area (Å²) in [5.41, 5.74) is 0.384. The van der Waals surface area contributed by atoms with Crippen molar-refractivity contribution in [2.75, 3.05) is 17.3 Å². The zero-order chi connectivity index (χ0) is 20.3. The number of para-hydroxylation sites is 1. The summed E-state index contributed by atoms with van der Waals surface area (Å²) in [5, 5.41) is 13.8. The van der Waals surface area contributed by atoms with Gasteiger partial charge < -0.3 is 15.2 Å². The molecular formula is C20H17N2O5S-. The predicted molar refractivity (Wildman–Crippen MR) is 103 cm³/mol. The average molecular weight is 397 g/mol. The molecule has 0 fully saturated rings. The summed E-state index contributed by atoms with van der Waals surface area (Å²) in [6, 6.07) is 11.2. The van der Waals surface area contributed by atoms with Crippen LogP contribution in [0.15, 0.2) is 48.5 Å². The van der Waals surface area contributed by atoms with Crippen molar-refractivity contribution >= 4 is 41.1 Å². The Morgan fingerprint density at radius 1 is 1.04 bits per heavy atom. The number of thioether (sulfide) groups is 1. The standard InChI is InChI=1S/C20H18N2O5S/c1-28-11-10-16(17(23)21-15-9-5-4-8-14(15)20(26)27)22-18(24)12-6-2-3-7-13(12)19(22)25/h2-9,16H,10-11H2,1H3,(H,21,23)(H,26,27)/p-1/t16-/m1/s1. The quantitative estimate of drug-likeness (QED) is 0.708.